The summed E-state index contributed by atoms with van der Waals surface area (Å²) in [6, 6.07) is 20.8. The standard InChI is InChI=1S/C31H32ClNO5/c1-20(2)16-18-38-25-14-11-23(19-26(25)37-3)28-27(29(34)22-9-12-24(32)13-10-22)30(35)31(36)33(28)17-15-21-7-5-4-6-8-21/h4-14,19-20,28,34H,15-18H2,1-3H3/b29-27+. The zero-order valence-corrected chi connectivity index (χ0v) is 22.6. The van der Waals surface area contributed by atoms with E-state index >= 15 is 0 Å². The number of rotatable bonds is 10. The maximum absolute atomic E-state index is 13.3. The number of aliphatic hydroxyl groups is 1. The van der Waals surface area contributed by atoms with Crippen LogP contribution in [0.5, 0.6) is 11.5 Å². The molecular formula is C31H32ClNO5. The number of likely N-dealkylation sites (tertiary alicyclic amines) is 1. The highest BCUT2D eigenvalue weighted by molar-refractivity contribution is 6.46. The summed E-state index contributed by atoms with van der Waals surface area (Å²) in [5.74, 6) is -0.0624. The smallest absolute Gasteiger partial charge is 0.295 e. The van der Waals surface area contributed by atoms with Crippen LogP contribution in [0.15, 0.2) is 78.4 Å². The second-order valence-corrected chi connectivity index (χ2v) is 10.1. The van der Waals surface area contributed by atoms with Crippen LogP contribution in [0.2, 0.25) is 5.02 Å². The predicted octanol–water partition coefficient (Wildman–Crippen LogP) is 6.44. The molecule has 1 saturated heterocycles. The van der Waals surface area contributed by atoms with E-state index in [1.165, 1.54) is 4.90 Å². The molecule has 6 nitrogen and oxygen atoms in total. The molecule has 7 heteroatoms. The van der Waals surface area contributed by atoms with Crippen molar-refractivity contribution in [2.45, 2.75) is 32.7 Å². The van der Waals surface area contributed by atoms with Crippen LogP contribution in [0.4, 0.5) is 0 Å². The first-order valence-electron chi connectivity index (χ1n) is 12.7. The second-order valence-electron chi connectivity index (χ2n) is 9.68. The highest BCUT2D eigenvalue weighted by Crippen LogP contribution is 2.42. The van der Waals surface area contributed by atoms with Crippen LogP contribution in [-0.2, 0) is 16.0 Å². The van der Waals surface area contributed by atoms with E-state index in [1.807, 2.05) is 36.4 Å². The van der Waals surface area contributed by atoms with Gasteiger partial charge in [-0.25, -0.2) is 0 Å². The lowest BCUT2D eigenvalue weighted by Crippen LogP contribution is -2.31. The van der Waals surface area contributed by atoms with Gasteiger partial charge in [-0.3, -0.25) is 9.59 Å². The number of nitrogens with zero attached hydrogens (tertiary/aromatic N) is 1. The lowest BCUT2D eigenvalue weighted by atomic mass is 9.95. The highest BCUT2D eigenvalue weighted by atomic mass is 35.5. The third-order valence-corrected chi connectivity index (χ3v) is 6.85. The minimum absolute atomic E-state index is 0.0286. The monoisotopic (exact) mass is 533 g/mol. The zero-order chi connectivity index (χ0) is 27.2. The summed E-state index contributed by atoms with van der Waals surface area (Å²) in [5, 5.41) is 11.8. The Balaban J connectivity index is 1.76. The molecule has 0 aromatic heterocycles. The normalized spacial score (nSPS) is 16.8. The summed E-state index contributed by atoms with van der Waals surface area (Å²) >= 11 is 6.02. The van der Waals surface area contributed by atoms with Crippen molar-refractivity contribution in [2.24, 2.45) is 5.92 Å². The molecule has 0 radical (unpaired) electrons. The van der Waals surface area contributed by atoms with E-state index in [4.69, 9.17) is 21.1 Å². The molecule has 1 amide bonds. The van der Waals surface area contributed by atoms with E-state index in [0.29, 0.717) is 53.1 Å². The number of benzene rings is 3. The van der Waals surface area contributed by atoms with E-state index in [9.17, 15) is 14.7 Å². The van der Waals surface area contributed by atoms with E-state index in [0.717, 1.165) is 12.0 Å². The van der Waals surface area contributed by atoms with Crippen LogP contribution in [0, 0.1) is 5.92 Å². The first-order chi connectivity index (χ1) is 18.3. The molecule has 0 aliphatic carbocycles. The van der Waals surface area contributed by atoms with Gasteiger partial charge in [0.05, 0.1) is 25.3 Å². The van der Waals surface area contributed by atoms with Crippen LogP contribution in [0.1, 0.15) is 43.0 Å². The molecule has 3 aromatic rings. The molecule has 4 rings (SSSR count). The van der Waals surface area contributed by atoms with Crippen molar-refractivity contribution in [3.05, 3.63) is 100 Å². The Bertz CT molecular complexity index is 1320. The Labute approximate surface area is 228 Å². The number of aliphatic hydroxyl groups excluding tert-OH is 1. The van der Waals surface area contributed by atoms with Gasteiger partial charge in [-0.1, -0.05) is 61.8 Å². The third kappa shape index (κ3) is 6.03. The Hall–Kier alpha value is -3.77. The number of carbonyl (C=O) groups excluding carboxylic acids is 2. The highest BCUT2D eigenvalue weighted by Gasteiger charge is 2.46. The maximum Gasteiger partial charge on any atom is 0.295 e. The number of amides is 1. The molecule has 0 bridgehead atoms. The van der Waals surface area contributed by atoms with Crippen LogP contribution >= 0.6 is 11.6 Å². The SMILES string of the molecule is COc1cc(C2/C(=C(\O)c3ccc(Cl)cc3)C(=O)C(=O)N2CCc2ccccc2)ccc1OCCC(C)C. The van der Waals surface area contributed by atoms with Crippen molar-refractivity contribution in [1.29, 1.82) is 0 Å². The van der Waals surface area contributed by atoms with Gasteiger partial charge in [0.15, 0.2) is 11.5 Å². The molecule has 1 aliphatic rings. The van der Waals surface area contributed by atoms with E-state index in [1.54, 1.807) is 43.5 Å². The van der Waals surface area contributed by atoms with Gasteiger partial charge >= 0.3 is 0 Å². The van der Waals surface area contributed by atoms with Gasteiger partial charge in [-0.2, -0.15) is 0 Å². The number of halogens is 1. The summed E-state index contributed by atoms with van der Waals surface area (Å²) < 4.78 is 11.5. The van der Waals surface area contributed by atoms with Gasteiger partial charge in [0.2, 0.25) is 0 Å². The molecule has 0 spiro atoms. The van der Waals surface area contributed by atoms with Crippen molar-refractivity contribution in [3.63, 3.8) is 0 Å². The van der Waals surface area contributed by atoms with Crippen molar-refractivity contribution in [1.82, 2.24) is 4.90 Å². The van der Waals surface area contributed by atoms with Crippen LogP contribution in [0.25, 0.3) is 5.76 Å². The molecule has 1 unspecified atom stereocenters. The van der Waals surface area contributed by atoms with Crippen molar-refractivity contribution < 1.29 is 24.2 Å². The second kappa shape index (κ2) is 12.2. The van der Waals surface area contributed by atoms with Gasteiger partial charge in [-0.15, -0.1) is 0 Å². The summed E-state index contributed by atoms with van der Waals surface area (Å²) in [4.78, 5) is 28.1. The molecule has 1 fully saturated rings. The minimum Gasteiger partial charge on any atom is -0.507 e. The Morgan fingerprint density at radius 1 is 1.00 bits per heavy atom. The van der Waals surface area contributed by atoms with Gasteiger partial charge in [-0.05, 0) is 66.3 Å². The van der Waals surface area contributed by atoms with E-state index < -0.39 is 17.7 Å². The number of hydrogen-bond donors (Lipinski definition) is 1. The molecule has 1 aliphatic heterocycles. The fourth-order valence-electron chi connectivity index (χ4n) is 4.49. The maximum atomic E-state index is 13.3. The summed E-state index contributed by atoms with van der Waals surface area (Å²) in [7, 11) is 1.55. The van der Waals surface area contributed by atoms with E-state index in [-0.39, 0.29) is 11.3 Å². The lowest BCUT2D eigenvalue weighted by molar-refractivity contribution is -0.139. The zero-order valence-electron chi connectivity index (χ0n) is 21.8. The third-order valence-electron chi connectivity index (χ3n) is 6.60. The van der Waals surface area contributed by atoms with Gasteiger partial charge in [0.25, 0.3) is 11.7 Å². The Morgan fingerprint density at radius 3 is 2.37 bits per heavy atom. The fourth-order valence-corrected chi connectivity index (χ4v) is 4.62. The Kier molecular flexibility index (Phi) is 8.74. The average molecular weight is 534 g/mol. The first kappa shape index (κ1) is 27.3. The summed E-state index contributed by atoms with van der Waals surface area (Å²) in [5.41, 5.74) is 2.11. The molecule has 38 heavy (non-hydrogen) atoms. The first-order valence-corrected chi connectivity index (χ1v) is 13.1. The van der Waals surface area contributed by atoms with E-state index in [2.05, 4.69) is 13.8 Å². The number of ether oxygens (including phenoxy) is 2. The largest absolute Gasteiger partial charge is 0.507 e. The van der Waals surface area contributed by atoms with Gasteiger partial charge < -0.3 is 19.5 Å². The lowest BCUT2D eigenvalue weighted by Gasteiger charge is -2.26. The number of ketones is 1. The predicted molar refractivity (Wildman–Crippen MR) is 149 cm³/mol. The molecule has 3 aromatic carbocycles. The number of Topliss-reactive ketones (excluding diaryl/α,β-unsaturated/α-hetero) is 1. The minimum atomic E-state index is -0.798. The topological polar surface area (TPSA) is 76.1 Å². The fraction of sp³-hybridized carbons (Fsp3) is 0.290. The van der Waals surface area contributed by atoms with Crippen molar-refractivity contribution in [2.75, 3.05) is 20.3 Å². The summed E-state index contributed by atoms with van der Waals surface area (Å²) in [6.45, 7) is 5.09. The Morgan fingerprint density at radius 2 is 1.71 bits per heavy atom. The van der Waals surface area contributed by atoms with Crippen LogP contribution in [0.3, 0.4) is 0 Å². The summed E-state index contributed by atoms with van der Waals surface area (Å²) in [6.07, 6.45) is 1.45. The van der Waals surface area contributed by atoms with Gasteiger partial charge in [0, 0.05) is 17.1 Å². The van der Waals surface area contributed by atoms with Crippen LogP contribution in [-0.4, -0.2) is 42.0 Å². The molecule has 0 saturated carbocycles. The average Bonchev–Trinajstić information content (AvgIpc) is 3.17. The van der Waals surface area contributed by atoms with Crippen molar-refractivity contribution in [3.8, 4) is 11.5 Å². The van der Waals surface area contributed by atoms with Crippen molar-refractivity contribution >= 4 is 29.1 Å². The van der Waals surface area contributed by atoms with Crippen LogP contribution < -0.4 is 9.47 Å². The molecule has 1 atom stereocenters. The van der Waals surface area contributed by atoms with Gasteiger partial charge in [0.1, 0.15) is 5.76 Å². The quantitative estimate of drug-likeness (QED) is 0.184. The number of methoxy groups -OCH3 is 1. The molecule has 1 N–H and O–H groups in total. The number of hydrogen-bond acceptors (Lipinski definition) is 5. The molecule has 1 heterocycles. The molecule has 198 valence electrons. The number of carbonyl (C=O) groups is 2. The molecular weight excluding hydrogens is 502 g/mol.